The van der Waals surface area contributed by atoms with Crippen LogP contribution in [0.1, 0.15) is 42.9 Å². The average Bonchev–Trinajstić information content (AvgIpc) is 2.37. The molecule has 1 aromatic carbocycles. The van der Waals surface area contributed by atoms with E-state index in [2.05, 4.69) is 38.0 Å². The summed E-state index contributed by atoms with van der Waals surface area (Å²) in [6, 6.07) is 1.52. The minimum absolute atomic E-state index is 0.0230. The Morgan fingerprint density at radius 1 is 1.29 bits per heavy atom. The summed E-state index contributed by atoms with van der Waals surface area (Å²) >= 11 is 0. The second-order valence-electron chi connectivity index (χ2n) is 7.08. The van der Waals surface area contributed by atoms with Crippen molar-refractivity contribution in [3.63, 3.8) is 0 Å². The molecule has 0 saturated heterocycles. The van der Waals surface area contributed by atoms with Crippen molar-refractivity contribution in [1.29, 1.82) is 0 Å². The Bertz CT molecular complexity index is 588. The van der Waals surface area contributed by atoms with Gasteiger partial charge in [-0.05, 0) is 42.4 Å². The molecule has 0 spiro atoms. The van der Waals surface area contributed by atoms with Crippen molar-refractivity contribution < 1.29 is 8.78 Å². The summed E-state index contributed by atoms with van der Waals surface area (Å²) in [5.74, 6) is 2.44. The van der Waals surface area contributed by atoms with Crippen LogP contribution in [0.5, 0.6) is 0 Å². The highest BCUT2D eigenvalue weighted by molar-refractivity contribution is 6.83. The van der Waals surface area contributed by atoms with Crippen LogP contribution in [0.3, 0.4) is 0 Å². The molecule has 1 atom stereocenters. The van der Waals surface area contributed by atoms with Gasteiger partial charge in [-0.1, -0.05) is 45.3 Å². The van der Waals surface area contributed by atoms with E-state index in [0.29, 0.717) is 17.9 Å². The van der Waals surface area contributed by atoms with Crippen molar-refractivity contribution in [2.45, 2.75) is 58.7 Å². The van der Waals surface area contributed by atoms with Gasteiger partial charge in [-0.3, -0.25) is 0 Å². The van der Waals surface area contributed by atoms with E-state index in [1.807, 2.05) is 0 Å². The molecule has 0 radical (unpaired) electrons. The Morgan fingerprint density at radius 3 is 2.62 bits per heavy atom. The van der Waals surface area contributed by atoms with Gasteiger partial charge in [0.1, 0.15) is 19.7 Å². The van der Waals surface area contributed by atoms with E-state index in [-0.39, 0.29) is 5.56 Å². The van der Waals surface area contributed by atoms with Gasteiger partial charge in [-0.2, -0.15) is 0 Å². The van der Waals surface area contributed by atoms with Crippen LogP contribution >= 0.6 is 0 Å². The second kappa shape index (κ2) is 6.32. The lowest BCUT2D eigenvalue weighted by Crippen LogP contribution is -2.18. The van der Waals surface area contributed by atoms with Gasteiger partial charge in [0.05, 0.1) is 5.56 Å². The van der Waals surface area contributed by atoms with E-state index in [9.17, 15) is 8.78 Å². The Balaban J connectivity index is 2.38. The number of hydrogen-bond acceptors (Lipinski definition) is 0. The third kappa shape index (κ3) is 3.94. The maximum atomic E-state index is 14.6. The highest BCUT2D eigenvalue weighted by Crippen LogP contribution is 2.32. The van der Waals surface area contributed by atoms with Crippen molar-refractivity contribution in [3.05, 3.63) is 34.4 Å². The van der Waals surface area contributed by atoms with Crippen molar-refractivity contribution in [2.75, 3.05) is 0 Å². The lowest BCUT2D eigenvalue weighted by atomic mass is 9.81. The van der Waals surface area contributed by atoms with Crippen LogP contribution in [0, 0.1) is 29.0 Å². The van der Waals surface area contributed by atoms with Gasteiger partial charge < -0.3 is 0 Å². The topological polar surface area (TPSA) is 0 Å². The molecule has 0 N–H and O–H groups in total. The van der Waals surface area contributed by atoms with Gasteiger partial charge in [0.25, 0.3) is 0 Å². The summed E-state index contributed by atoms with van der Waals surface area (Å²) in [4.78, 5) is 0. The summed E-state index contributed by atoms with van der Waals surface area (Å²) < 4.78 is 28.8. The average molecular weight is 306 g/mol. The van der Waals surface area contributed by atoms with E-state index < -0.39 is 19.7 Å². The molecule has 0 aliphatic heterocycles. The number of halogens is 2. The molecule has 0 aromatic heterocycles. The zero-order valence-electron chi connectivity index (χ0n) is 13.4. The van der Waals surface area contributed by atoms with Gasteiger partial charge >= 0.3 is 0 Å². The Hall–Kier alpha value is -1.14. The summed E-state index contributed by atoms with van der Waals surface area (Å²) in [6.45, 7) is 8.38. The number of benzene rings is 1. The van der Waals surface area contributed by atoms with E-state index >= 15 is 0 Å². The minimum Gasteiger partial charge on any atom is -0.206 e. The Kier molecular flexibility index (Phi) is 4.88. The minimum atomic E-state index is -1.64. The number of hydrogen-bond donors (Lipinski definition) is 0. The SMILES string of the molecule is CCCC1CCc2c(cc(F)c(C#C[Si](C)(C)C)c2F)C1. The molecule has 0 amide bonds. The predicted octanol–water partition coefficient (Wildman–Crippen LogP) is 5.10. The molecule has 21 heavy (non-hydrogen) atoms. The fourth-order valence-electron chi connectivity index (χ4n) is 2.94. The molecule has 1 unspecified atom stereocenters. The van der Waals surface area contributed by atoms with Gasteiger partial charge in [-0.25, -0.2) is 8.78 Å². The molecular weight excluding hydrogens is 282 g/mol. The van der Waals surface area contributed by atoms with Crippen LogP contribution in [-0.4, -0.2) is 8.07 Å². The van der Waals surface area contributed by atoms with E-state index in [4.69, 9.17) is 0 Å². The molecule has 2 rings (SSSR count). The fraction of sp³-hybridized carbons (Fsp3) is 0.556. The van der Waals surface area contributed by atoms with Crippen molar-refractivity contribution in [1.82, 2.24) is 0 Å². The molecule has 1 aliphatic rings. The van der Waals surface area contributed by atoms with Gasteiger partial charge in [0.15, 0.2) is 0 Å². The Labute approximate surface area is 128 Å². The van der Waals surface area contributed by atoms with Crippen LogP contribution < -0.4 is 0 Å². The first kappa shape index (κ1) is 16.2. The molecule has 0 saturated carbocycles. The first-order valence-corrected chi connectivity index (χ1v) is 11.3. The van der Waals surface area contributed by atoms with Crippen LogP contribution in [0.15, 0.2) is 6.07 Å². The Morgan fingerprint density at radius 2 is 2.00 bits per heavy atom. The van der Waals surface area contributed by atoms with Crippen molar-refractivity contribution in [2.24, 2.45) is 5.92 Å². The number of rotatable bonds is 2. The third-order valence-corrected chi connectivity index (χ3v) is 4.86. The molecular formula is C18H24F2Si. The van der Waals surface area contributed by atoms with E-state index in [1.165, 1.54) is 6.07 Å². The maximum absolute atomic E-state index is 14.6. The standard InChI is InChI=1S/C18H24F2Si/c1-5-6-13-7-8-15-14(11-13)12-17(19)16(18(15)20)9-10-21(2,3)4/h12-13H,5-8,11H2,1-4H3. The molecule has 1 aliphatic carbocycles. The number of fused-ring (bicyclic) bond motifs is 1. The lowest BCUT2D eigenvalue weighted by molar-refractivity contribution is 0.411. The summed E-state index contributed by atoms with van der Waals surface area (Å²) in [6.07, 6.45) is 4.79. The summed E-state index contributed by atoms with van der Waals surface area (Å²) in [5.41, 5.74) is 4.59. The van der Waals surface area contributed by atoms with Gasteiger partial charge in [-0.15, -0.1) is 5.54 Å². The second-order valence-corrected chi connectivity index (χ2v) is 11.8. The summed E-state index contributed by atoms with van der Waals surface area (Å²) in [7, 11) is -1.64. The van der Waals surface area contributed by atoms with Crippen LogP contribution in [0.4, 0.5) is 8.78 Å². The highest BCUT2D eigenvalue weighted by Gasteiger charge is 2.24. The molecule has 3 heteroatoms. The lowest BCUT2D eigenvalue weighted by Gasteiger charge is -2.25. The largest absolute Gasteiger partial charge is 0.206 e. The van der Waals surface area contributed by atoms with Gasteiger partial charge in [0.2, 0.25) is 0 Å². The highest BCUT2D eigenvalue weighted by atomic mass is 28.3. The van der Waals surface area contributed by atoms with Crippen molar-refractivity contribution >= 4 is 8.07 Å². The van der Waals surface area contributed by atoms with Crippen LogP contribution in [-0.2, 0) is 12.8 Å². The molecule has 0 fully saturated rings. The van der Waals surface area contributed by atoms with Crippen LogP contribution in [0.25, 0.3) is 0 Å². The normalized spacial score (nSPS) is 17.9. The van der Waals surface area contributed by atoms with Crippen molar-refractivity contribution in [3.8, 4) is 11.5 Å². The fourth-order valence-corrected chi connectivity index (χ4v) is 3.44. The van der Waals surface area contributed by atoms with Gasteiger partial charge in [0, 0.05) is 0 Å². The molecule has 0 nitrogen and oxygen atoms in total. The molecule has 114 valence electrons. The summed E-state index contributed by atoms with van der Waals surface area (Å²) in [5, 5.41) is 0. The van der Waals surface area contributed by atoms with E-state index in [0.717, 1.165) is 31.2 Å². The smallest absolute Gasteiger partial charge is 0.145 e. The van der Waals surface area contributed by atoms with Crippen LogP contribution in [0.2, 0.25) is 19.6 Å². The monoisotopic (exact) mass is 306 g/mol. The molecule has 0 heterocycles. The third-order valence-electron chi connectivity index (χ3n) is 3.98. The first-order chi connectivity index (χ1) is 9.81. The van der Waals surface area contributed by atoms with E-state index in [1.54, 1.807) is 0 Å². The maximum Gasteiger partial charge on any atom is 0.145 e. The quantitative estimate of drug-likeness (QED) is 0.527. The first-order valence-electron chi connectivity index (χ1n) is 7.84. The predicted molar refractivity (Wildman–Crippen MR) is 87.0 cm³/mol. The molecule has 0 bridgehead atoms. The molecule has 1 aromatic rings. The zero-order valence-corrected chi connectivity index (χ0v) is 14.4. The zero-order chi connectivity index (χ0) is 15.6.